The predicted octanol–water partition coefficient (Wildman–Crippen LogP) is 1.64. The Morgan fingerprint density at radius 2 is 1.48 bits per heavy atom. The normalized spacial score (nSPS) is 11.1. The molecule has 0 unspecified atom stereocenters. The first kappa shape index (κ1) is 23.2. The third-order valence-electron chi connectivity index (χ3n) is 2.73. The maximum Gasteiger partial charge on any atom is 0.190 e. The highest BCUT2D eigenvalue weighted by Gasteiger charge is 1.96. The molecule has 7 heteroatoms. The van der Waals surface area contributed by atoms with E-state index < -0.39 is 0 Å². The molecule has 0 amide bonds. The van der Waals surface area contributed by atoms with Gasteiger partial charge in [0.1, 0.15) is 0 Å². The van der Waals surface area contributed by atoms with E-state index in [4.69, 9.17) is 14.2 Å². The summed E-state index contributed by atoms with van der Waals surface area (Å²) in [5.41, 5.74) is 0. The molecule has 6 nitrogen and oxygen atoms in total. The van der Waals surface area contributed by atoms with Gasteiger partial charge >= 0.3 is 0 Å². The second kappa shape index (κ2) is 19.9. The predicted molar refractivity (Wildman–Crippen MR) is 97.8 cm³/mol. The van der Waals surface area contributed by atoms with Gasteiger partial charge in [-0.3, -0.25) is 4.99 Å². The van der Waals surface area contributed by atoms with Crippen LogP contribution in [0.2, 0.25) is 0 Å². The molecule has 0 aromatic heterocycles. The summed E-state index contributed by atoms with van der Waals surface area (Å²) < 4.78 is 15.3. The minimum atomic E-state index is 0. The number of ether oxygens (including phenoxy) is 3. The van der Waals surface area contributed by atoms with Gasteiger partial charge in [-0.05, 0) is 25.7 Å². The van der Waals surface area contributed by atoms with E-state index >= 15 is 0 Å². The van der Waals surface area contributed by atoms with E-state index in [1.165, 1.54) is 6.42 Å². The van der Waals surface area contributed by atoms with Gasteiger partial charge in [-0.25, -0.2) is 0 Å². The molecule has 0 atom stereocenters. The largest absolute Gasteiger partial charge is 0.385 e. The van der Waals surface area contributed by atoms with Gasteiger partial charge in [0.05, 0.1) is 13.2 Å². The summed E-state index contributed by atoms with van der Waals surface area (Å²) in [6.45, 7) is 4.69. The molecular weight excluding hydrogens is 385 g/mol. The Hall–Kier alpha value is -0.120. The van der Waals surface area contributed by atoms with Crippen LogP contribution in [0.3, 0.4) is 0 Å². The van der Waals surface area contributed by atoms with Gasteiger partial charge < -0.3 is 24.8 Å². The molecule has 2 N–H and O–H groups in total. The van der Waals surface area contributed by atoms with Crippen molar-refractivity contribution in [2.24, 2.45) is 4.99 Å². The highest BCUT2D eigenvalue weighted by molar-refractivity contribution is 14.0. The third kappa shape index (κ3) is 17.8. The molecule has 0 aromatic rings. The maximum atomic E-state index is 5.39. The number of unbranched alkanes of at least 4 members (excludes halogenated alkanes) is 2. The Balaban J connectivity index is 0. The summed E-state index contributed by atoms with van der Waals surface area (Å²) in [5, 5.41) is 6.56. The van der Waals surface area contributed by atoms with E-state index in [9.17, 15) is 0 Å². The molecule has 0 fully saturated rings. The van der Waals surface area contributed by atoms with Crippen molar-refractivity contribution < 1.29 is 14.2 Å². The fourth-order valence-corrected chi connectivity index (χ4v) is 1.60. The van der Waals surface area contributed by atoms with Gasteiger partial charge in [0.2, 0.25) is 0 Å². The molecule has 0 bridgehead atoms. The lowest BCUT2D eigenvalue weighted by atomic mass is 10.2. The number of hydrogen-bond acceptors (Lipinski definition) is 4. The van der Waals surface area contributed by atoms with Crippen molar-refractivity contribution >= 4 is 29.9 Å². The van der Waals surface area contributed by atoms with Crippen LogP contribution in [0.25, 0.3) is 0 Å². The summed E-state index contributed by atoms with van der Waals surface area (Å²) >= 11 is 0. The number of methoxy groups -OCH3 is 2. The minimum absolute atomic E-state index is 0. The second-order valence-electron chi connectivity index (χ2n) is 4.44. The number of rotatable bonds is 13. The minimum Gasteiger partial charge on any atom is -0.385 e. The molecule has 0 heterocycles. The zero-order valence-electron chi connectivity index (χ0n) is 13.7. The molecular formula is C14H32IN3O3. The first-order valence-corrected chi connectivity index (χ1v) is 7.35. The lowest BCUT2D eigenvalue weighted by molar-refractivity contribution is 0.0698. The molecule has 0 saturated heterocycles. The molecule has 0 saturated carbocycles. The summed E-state index contributed by atoms with van der Waals surface area (Å²) in [5.74, 6) is 0.855. The van der Waals surface area contributed by atoms with Gasteiger partial charge in [0.15, 0.2) is 5.96 Å². The molecule has 0 aliphatic rings. The second-order valence-corrected chi connectivity index (χ2v) is 4.44. The highest BCUT2D eigenvalue weighted by Crippen LogP contribution is 1.93. The van der Waals surface area contributed by atoms with Gasteiger partial charge in [-0.15, -0.1) is 24.0 Å². The molecule has 0 aromatic carbocycles. The maximum absolute atomic E-state index is 5.39. The fraction of sp³-hybridized carbons (Fsp3) is 0.929. The first-order valence-electron chi connectivity index (χ1n) is 7.35. The number of nitrogens with zero attached hydrogens (tertiary/aromatic N) is 1. The number of guanidine groups is 1. The quantitative estimate of drug-likeness (QED) is 0.207. The van der Waals surface area contributed by atoms with Crippen LogP contribution in [-0.4, -0.2) is 66.7 Å². The Morgan fingerprint density at radius 1 is 0.810 bits per heavy atom. The Kier molecular flexibility index (Phi) is 21.9. The Morgan fingerprint density at radius 3 is 2.10 bits per heavy atom. The molecule has 128 valence electrons. The van der Waals surface area contributed by atoms with Crippen molar-refractivity contribution in [3.05, 3.63) is 0 Å². The summed E-state index contributed by atoms with van der Waals surface area (Å²) in [6, 6.07) is 0. The van der Waals surface area contributed by atoms with Gasteiger partial charge in [-0.2, -0.15) is 0 Å². The first-order chi connectivity index (χ1) is 9.85. The lowest BCUT2D eigenvalue weighted by Gasteiger charge is -2.11. The standard InChI is InChI=1S/C14H31N3O3.HI/c1-15-14(16-8-5-4-6-10-18-2)17-9-7-11-20-13-12-19-3;/h4-13H2,1-3H3,(H2,15,16,17);1H. The van der Waals surface area contributed by atoms with E-state index in [1.54, 1.807) is 21.3 Å². The zero-order chi connectivity index (χ0) is 14.9. The van der Waals surface area contributed by atoms with Crippen molar-refractivity contribution in [1.82, 2.24) is 10.6 Å². The van der Waals surface area contributed by atoms with Crippen LogP contribution >= 0.6 is 24.0 Å². The molecule has 21 heavy (non-hydrogen) atoms. The van der Waals surface area contributed by atoms with Crippen LogP contribution in [0.5, 0.6) is 0 Å². The summed E-state index contributed by atoms with van der Waals surface area (Å²) in [6.07, 6.45) is 4.37. The zero-order valence-corrected chi connectivity index (χ0v) is 16.0. The van der Waals surface area contributed by atoms with Crippen molar-refractivity contribution in [2.45, 2.75) is 25.7 Å². The molecule has 0 rings (SSSR count). The summed E-state index contributed by atoms with van der Waals surface area (Å²) in [7, 11) is 5.20. The van der Waals surface area contributed by atoms with Crippen LogP contribution < -0.4 is 10.6 Å². The average molecular weight is 417 g/mol. The molecule has 0 aliphatic heterocycles. The van der Waals surface area contributed by atoms with E-state index in [2.05, 4.69) is 15.6 Å². The van der Waals surface area contributed by atoms with Crippen LogP contribution in [0.4, 0.5) is 0 Å². The lowest BCUT2D eigenvalue weighted by Crippen LogP contribution is -2.38. The third-order valence-corrected chi connectivity index (χ3v) is 2.73. The monoisotopic (exact) mass is 417 g/mol. The molecule has 0 spiro atoms. The summed E-state index contributed by atoms with van der Waals surface area (Å²) in [4.78, 5) is 4.18. The van der Waals surface area contributed by atoms with E-state index in [0.29, 0.717) is 13.2 Å². The topological polar surface area (TPSA) is 64.1 Å². The fourth-order valence-electron chi connectivity index (χ4n) is 1.60. The number of hydrogen-bond donors (Lipinski definition) is 2. The van der Waals surface area contributed by atoms with Gasteiger partial charge in [0, 0.05) is 47.6 Å². The van der Waals surface area contributed by atoms with E-state index in [-0.39, 0.29) is 24.0 Å². The van der Waals surface area contributed by atoms with Crippen molar-refractivity contribution in [1.29, 1.82) is 0 Å². The highest BCUT2D eigenvalue weighted by atomic mass is 127. The average Bonchev–Trinajstić information content (AvgIpc) is 2.47. The van der Waals surface area contributed by atoms with E-state index in [1.807, 2.05) is 0 Å². The smallest absolute Gasteiger partial charge is 0.190 e. The number of aliphatic imine (C=N–C) groups is 1. The van der Waals surface area contributed by atoms with Crippen LogP contribution in [0.1, 0.15) is 25.7 Å². The van der Waals surface area contributed by atoms with Crippen molar-refractivity contribution in [3.8, 4) is 0 Å². The van der Waals surface area contributed by atoms with Gasteiger partial charge in [-0.1, -0.05) is 0 Å². The van der Waals surface area contributed by atoms with Crippen LogP contribution in [0.15, 0.2) is 4.99 Å². The molecule has 0 radical (unpaired) electrons. The Bertz CT molecular complexity index is 232. The molecule has 0 aliphatic carbocycles. The van der Waals surface area contributed by atoms with Crippen LogP contribution in [0, 0.1) is 0 Å². The van der Waals surface area contributed by atoms with Crippen molar-refractivity contribution in [3.63, 3.8) is 0 Å². The van der Waals surface area contributed by atoms with Gasteiger partial charge in [0.25, 0.3) is 0 Å². The number of nitrogens with one attached hydrogen (secondary N) is 2. The Labute approximate surface area is 146 Å². The van der Waals surface area contributed by atoms with Crippen LogP contribution in [-0.2, 0) is 14.2 Å². The van der Waals surface area contributed by atoms with E-state index in [0.717, 1.165) is 51.5 Å². The number of halogens is 1. The van der Waals surface area contributed by atoms with Crippen molar-refractivity contribution in [2.75, 3.05) is 60.8 Å². The SMILES string of the molecule is CN=C(NCCCCCOC)NCCCOCCOC.I.